The van der Waals surface area contributed by atoms with E-state index in [0.29, 0.717) is 41.8 Å². The summed E-state index contributed by atoms with van der Waals surface area (Å²) in [4.78, 5) is 26.9. The van der Waals surface area contributed by atoms with Gasteiger partial charge in [-0.05, 0) is 121 Å². The Bertz CT molecular complexity index is 1010. The Labute approximate surface area is 230 Å². The highest BCUT2D eigenvalue weighted by atomic mass is 16.8. The molecule has 0 amide bonds. The minimum absolute atomic E-state index is 0.0170. The van der Waals surface area contributed by atoms with Crippen molar-refractivity contribution in [3.63, 3.8) is 0 Å². The Morgan fingerprint density at radius 3 is 2.34 bits per heavy atom. The van der Waals surface area contributed by atoms with Crippen molar-refractivity contribution in [2.75, 3.05) is 0 Å². The standard InChI is InChI=1S/C33H52O5/c1-20(9-14-26-29(4,5)38-30(6,7)36-26)22-15-16-33-24-12-11-23-21(10-13-25(34)28(23,2)3)19-32(24,37-27(33)35)18-17-31(22,33)8/h20-24,26H,9-19H2,1-8H3. The fourth-order valence-electron chi connectivity index (χ4n) is 11.5. The van der Waals surface area contributed by atoms with Gasteiger partial charge in [-0.2, -0.15) is 0 Å². The fourth-order valence-corrected chi connectivity index (χ4v) is 11.5. The first kappa shape index (κ1) is 27.2. The minimum Gasteiger partial charge on any atom is -0.458 e. The quantitative estimate of drug-likeness (QED) is 0.360. The predicted molar refractivity (Wildman–Crippen MR) is 146 cm³/mol. The minimum atomic E-state index is -0.531. The molecule has 0 aromatic rings. The maximum absolute atomic E-state index is 14.1. The van der Waals surface area contributed by atoms with Crippen molar-refractivity contribution in [1.82, 2.24) is 0 Å². The summed E-state index contributed by atoms with van der Waals surface area (Å²) in [5.74, 6) is 2.29. The van der Waals surface area contributed by atoms with Crippen LogP contribution in [0.2, 0.25) is 0 Å². The highest BCUT2D eigenvalue weighted by molar-refractivity contribution is 5.85. The van der Waals surface area contributed by atoms with Gasteiger partial charge in [-0.25, -0.2) is 0 Å². The van der Waals surface area contributed by atoms with Gasteiger partial charge in [-0.3, -0.25) is 9.59 Å². The third-order valence-electron chi connectivity index (χ3n) is 13.3. The van der Waals surface area contributed by atoms with E-state index in [2.05, 4.69) is 41.5 Å². The van der Waals surface area contributed by atoms with Crippen LogP contribution < -0.4 is 0 Å². The summed E-state index contributed by atoms with van der Waals surface area (Å²) < 4.78 is 19.1. The molecule has 0 aromatic carbocycles. The van der Waals surface area contributed by atoms with E-state index in [0.717, 1.165) is 64.2 Å². The van der Waals surface area contributed by atoms with Crippen molar-refractivity contribution in [2.45, 2.75) is 149 Å². The summed E-state index contributed by atoms with van der Waals surface area (Å²) in [5.41, 5.74) is -1.19. The summed E-state index contributed by atoms with van der Waals surface area (Å²) in [6, 6.07) is 0. The summed E-state index contributed by atoms with van der Waals surface area (Å²) >= 11 is 0. The molecule has 9 unspecified atom stereocenters. The van der Waals surface area contributed by atoms with E-state index in [9.17, 15) is 9.59 Å². The van der Waals surface area contributed by atoms with Crippen LogP contribution in [0, 0.1) is 45.8 Å². The first-order valence-corrected chi connectivity index (χ1v) is 15.7. The van der Waals surface area contributed by atoms with Gasteiger partial charge in [0.15, 0.2) is 5.79 Å². The lowest BCUT2D eigenvalue weighted by Gasteiger charge is -2.53. The van der Waals surface area contributed by atoms with E-state index in [4.69, 9.17) is 14.2 Å². The Morgan fingerprint density at radius 2 is 1.66 bits per heavy atom. The summed E-state index contributed by atoms with van der Waals surface area (Å²) in [6.07, 6.45) is 11.1. The van der Waals surface area contributed by atoms with Crippen LogP contribution >= 0.6 is 0 Å². The smallest absolute Gasteiger partial charge is 0.313 e. The Balaban J connectivity index is 1.24. The average molecular weight is 529 g/mol. The summed E-state index contributed by atoms with van der Waals surface area (Å²) in [7, 11) is 0. The number of esters is 1. The molecule has 5 heteroatoms. The van der Waals surface area contributed by atoms with Crippen LogP contribution in [0.4, 0.5) is 0 Å². The van der Waals surface area contributed by atoms with Gasteiger partial charge in [0.05, 0.1) is 17.1 Å². The van der Waals surface area contributed by atoms with E-state index in [1.165, 1.54) is 0 Å². The van der Waals surface area contributed by atoms with Gasteiger partial charge in [0.1, 0.15) is 11.4 Å². The second kappa shape index (κ2) is 8.30. The summed E-state index contributed by atoms with van der Waals surface area (Å²) in [6.45, 7) is 17.6. The van der Waals surface area contributed by atoms with E-state index in [1.807, 2.05) is 13.8 Å². The molecule has 6 aliphatic rings. The van der Waals surface area contributed by atoms with E-state index in [-0.39, 0.29) is 39.5 Å². The fraction of sp³-hybridized carbons (Fsp3) is 0.939. The molecular weight excluding hydrogens is 476 g/mol. The maximum Gasteiger partial charge on any atom is 0.313 e. The van der Waals surface area contributed by atoms with Crippen molar-refractivity contribution >= 4 is 11.8 Å². The second-order valence-corrected chi connectivity index (χ2v) is 16.1. The van der Waals surface area contributed by atoms with Crippen LogP contribution in [0.3, 0.4) is 0 Å². The van der Waals surface area contributed by atoms with Crippen molar-refractivity contribution in [3.8, 4) is 0 Å². The highest BCUT2D eigenvalue weighted by Crippen LogP contribution is 2.76. The van der Waals surface area contributed by atoms with Gasteiger partial charge in [-0.15, -0.1) is 0 Å². The number of ether oxygens (including phenoxy) is 3. The van der Waals surface area contributed by atoms with Crippen LogP contribution in [0.25, 0.3) is 0 Å². The summed E-state index contributed by atoms with van der Waals surface area (Å²) in [5, 5.41) is 0. The molecule has 2 bridgehead atoms. The van der Waals surface area contributed by atoms with Gasteiger partial charge >= 0.3 is 5.97 Å². The van der Waals surface area contributed by atoms with Gasteiger partial charge in [0, 0.05) is 17.8 Å². The number of hydrogen-bond donors (Lipinski definition) is 0. The third kappa shape index (κ3) is 3.55. The van der Waals surface area contributed by atoms with Crippen LogP contribution in [0.5, 0.6) is 0 Å². The molecule has 6 rings (SSSR count). The number of rotatable bonds is 4. The Hall–Kier alpha value is -0.940. The lowest BCUT2D eigenvalue weighted by Crippen LogP contribution is -2.55. The zero-order valence-corrected chi connectivity index (χ0v) is 25.3. The van der Waals surface area contributed by atoms with E-state index < -0.39 is 5.79 Å². The molecule has 0 radical (unpaired) electrons. The Kier molecular flexibility index (Phi) is 5.95. The molecular formula is C33H52O5. The number of fused-ring (bicyclic) bond motifs is 1. The number of carbonyl (C=O) groups is 2. The molecule has 5 nitrogen and oxygen atoms in total. The predicted octanol–water partition coefficient (Wildman–Crippen LogP) is 7.25. The lowest BCUT2D eigenvalue weighted by atomic mass is 9.47. The van der Waals surface area contributed by atoms with E-state index in [1.54, 1.807) is 0 Å². The van der Waals surface area contributed by atoms with Crippen LogP contribution in [0.15, 0.2) is 0 Å². The van der Waals surface area contributed by atoms with Gasteiger partial charge in [-0.1, -0.05) is 27.7 Å². The first-order valence-electron chi connectivity index (χ1n) is 15.7. The SMILES string of the molecule is CC(CCC1OC(C)(C)OC1(C)C)C1CCC23C(=O)OC4(CCC12C)CC1CCC(=O)C(C)(C)C1CCC43. The first-order chi connectivity index (χ1) is 17.6. The molecule has 6 fully saturated rings. The third-order valence-corrected chi connectivity index (χ3v) is 13.3. The molecule has 0 N–H and O–H groups in total. The van der Waals surface area contributed by atoms with Crippen LogP contribution in [0.1, 0.15) is 126 Å². The lowest BCUT2D eigenvalue weighted by molar-refractivity contribution is -0.158. The molecule has 2 heterocycles. The zero-order valence-electron chi connectivity index (χ0n) is 25.3. The molecule has 214 valence electrons. The van der Waals surface area contributed by atoms with Crippen molar-refractivity contribution < 1.29 is 23.8 Å². The normalized spacial score (nSPS) is 49.0. The Morgan fingerprint density at radius 1 is 0.921 bits per heavy atom. The van der Waals surface area contributed by atoms with Crippen LogP contribution in [-0.4, -0.2) is 34.8 Å². The molecule has 1 spiro atoms. The molecule has 2 saturated heterocycles. The highest BCUT2D eigenvalue weighted by Gasteiger charge is 2.77. The molecule has 0 aromatic heterocycles. The number of ketones is 1. The van der Waals surface area contributed by atoms with Crippen molar-refractivity contribution in [3.05, 3.63) is 0 Å². The monoisotopic (exact) mass is 528 g/mol. The number of carbonyl (C=O) groups excluding carboxylic acids is 2. The molecule has 4 saturated carbocycles. The largest absolute Gasteiger partial charge is 0.458 e. The van der Waals surface area contributed by atoms with Crippen molar-refractivity contribution in [2.24, 2.45) is 45.8 Å². The van der Waals surface area contributed by atoms with Crippen molar-refractivity contribution in [1.29, 1.82) is 0 Å². The molecule has 38 heavy (non-hydrogen) atoms. The average Bonchev–Trinajstić information content (AvgIpc) is 3.24. The molecule has 2 aliphatic heterocycles. The van der Waals surface area contributed by atoms with Crippen LogP contribution in [-0.2, 0) is 23.8 Å². The van der Waals surface area contributed by atoms with Gasteiger partial charge in [0.25, 0.3) is 0 Å². The molecule has 4 aliphatic carbocycles. The maximum atomic E-state index is 14.1. The second-order valence-electron chi connectivity index (χ2n) is 16.1. The van der Waals surface area contributed by atoms with Gasteiger partial charge in [0.2, 0.25) is 0 Å². The number of Topliss-reactive ketones (excluding diaryl/α,β-unsaturated/α-hetero) is 1. The number of hydrogen-bond acceptors (Lipinski definition) is 5. The van der Waals surface area contributed by atoms with E-state index >= 15 is 0 Å². The van der Waals surface area contributed by atoms with Gasteiger partial charge < -0.3 is 14.2 Å². The molecule has 9 atom stereocenters. The topological polar surface area (TPSA) is 61.8 Å². The zero-order chi connectivity index (χ0) is 27.5.